The Morgan fingerprint density at radius 1 is 0.697 bits per heavy atom. The molecule has 0 aliphatic carbocycles. The van der Waals surface area contributed by atoms with Crippen LogP contribution in [0.1, 0.15) is 110 Å². The topological polar surface area (TPSA) is 166 Å². The van der Waals surface area contributed by atoms with E-state index in [0.29, 0.717) is 17.5 Å². The van der Waals surface area contributed by atoms with Crippen molar-refractivity contribution in [2.24, 2.45) is 17.0 Å². The Kier molecular flexibility index (Phi) is 18.6. The molecule has 0 saturated carbocycles. The standard InChI is InChI=1S/C52H63N3O11/c1-4-5-6-7-8-9-22-31-43(54-55-53)62-51-46(63-48(56)38-25-16-11-17-26-38)35(2)44(41(60-51)33-58-32-37-23-14-10-15-24-37)66-52-47(64-49(57)39-27-18-12-19-28-39)36(3)45-42(61-52)34-59-50(65-45)40-29-20-13-21-30-40/h10-21,23-30,35-36,41-47,50-52H,4-9,22,31-34H2,1-3H3. The van der Waals surface area contributed by atoms with Crippen molar-refractivity contribution in [1.29, 1.82) is 0 Å². The number of ether oxygens (including phenoxy) is 9. The maximum Gasteiger partial charge on any atom is 0.338 e. The van der Waals surface area contributed by atoms with Gasteiger partial charge >= 0.3 is 11.9 Å². The van der Waals surface area contributed by atoms with E-state index in [-0.39, 0.29) is 19.8 Å². The van der Waals surface area contributed by atoms with Crippen LogP contribution in [0.25, 0.3) is 10.4 Å². The molecule has 0 spiro atoms. The minimum absolute atomic E-state index is 0.0286. The molecule has 0 amide bonds. The van der Waals surface area contributed by atoms with E-state index in [1.165, 1.54) is 19.3 Å². The summed E-state index contributed by atoms with van der Waals surface area (Å²) in [7, 11) is 0. The second kappa shape index (κ2) is 25.1. The molecule has 12 unspecified atom stereocenters. The number of esters is 2. The zero-order valence-electron chi connectivity index (χ0n) is 38.1. The lowest BCUT2D eigenvalue weighted by molar-refractivity contribution is -0.376. The van der Waals surface area contributed by atoms with Gasteiger partial charge < -0.3 is 42.6 Å². The van der Waals surface area contributed by atoms with E-state index in [1.54, 1.807) is 48.5 Å². The van der Waals surface area contributed by atoms with Crippen molar-refractivity contribution >= 4 is 11.9 Å². The fourth-order valence-electron chi connectivity index (χ4n) is 8.78. The van der Waals surface area contributed by atoms with Crippen molar-refractivity contribution in [2.75, 3.05) is 13.2 Å². The van der Waals surface area contributed by atoms with E-state index < -0.39 is 85.5 Å². The van der Waals surface area contributed by atoms with Crippen molar-refractivity contribution in [1.82, 2.24) is 0 Å². The number of azide groups is 1. The van der Waals surface area contributed by atoms with Gasteiger partial charge in [0, 0.05) is 22.3 Å². The SMILES string of the molecule is CCCCCCCCCC(N=[N+]=[N-])OC1OC(COCc2ccccc2)C(OC2OC3COC(c4ccccc4)OC3C(C)C2OC(=O)c2ccccc2)C(C)C1OC(=O)c1ccccc1. The molecule has 3 saturated heterocycles. The quantitative estimate of drug-likeness (QED) is 0.0242. The molecule has 4 aromatic rings. The van der Waals surface area contributed by atoms with Crippen LogP contribution >= 0.6 is 0 Å². The molecule has 7 rings (SSSR count). The molecule has 66 heavy (non-hydrogen) atoms. The fraction of sp³-hybridized carbons (Fsp3) is 0.500. The van der Waals surface area contributed by atoms with Crippen LogP contribution in [-0.4, -0.2) is 80.6 Å². The summed E-state index contributed by atoms with van der Waals surface area (Å²) in [5, 5.41) is 4.02. The molecule has 14 nitrogen and oxygen atoms in total. The molecule has 4 aromatic carbocycles. The van der Waals surface area contributed by atoms with Crippen molar-refractivity contribution in [3.63, 3.8) is 0 Å². The molecular formula is C52H63N3O11. The average molecular weight is 906 g/mol. The monoisotopic (exact) mass is 905 g/mol. The van der Waals surface area contributed by atoms with Gasteiger partial charge in [-0.2, -0.15) is 0 Å². The Morgan fingerprint density at radius 3 is 1.89 bits per heavy atom. The molecule has 3 heterocycles. The lowest BCUT2D eigenvalue weighted by atomic mass is 9.88. The highest BCUT2D eigenvalue weighted by Crippen LogP contribution is 2.41. The molecule has 0 bridgehead atoms. The smallest absolute Gasteiger partial charge is 0.338 e. The summed E-state index contributed by atoms with van der Waals surface area (Å²) < 4.78 is 58.8. The van der Waals surface area contributed by atoms with Crippen LogP contribution in [-0.2, 0) is 49.2 Å². The second-order valence-electron chi connectivity index (χ2n) is 17.3. The fourth-order valence-corrected chi connectivity index (χ4v) is 8.78. The Hall–Kier alpha value is -5.15. The van der Waals surface area contributed by atoms with Gasteiger partial charge in [0.15, 0.2) is 31.1 Å². The summed E-state index contributed by atoms with van der Waals surface area (Å²) in [5.41, 5.74) is 12.2. The van der Waals surface area contributed by atoms with Crippen LogP contribution in [0.15, 0.2) is 126 Å². The molecule has 14 heteroatoms. The predicted octanol–water partition coefficient (Wildman–Crippen LogP) is 10.7. The first-order valence-electron chi connectivity index (χ1n) is 23.4. The van der Waals surface area contributed by atoms with Crippen LogP contribution < -0.4 is 0 Å². The normalized spacial score (nSPS) is 27.7. The zero-order chi connectivity index (χ0) is 46.1. The Labute approximate surface area is 387 Å². The number of unbranched alkanes of at least 4 members (excludes halogenated alkanes) is 6. The first kappa shape index (κ1) is 48.8. The number of nitrogens with zero attached hydrogens (tertiary/aromatic N) is 3. The van der Waals surface area contributed by atoms with Gasteiger partial charge in [0.2, 0.25) is 0 Å². The van der Waals surface area contributed by atoms with Gasteiger partial charge in [-0.25, -0.2) is 9.59 Å². The van der Waals surface area contributed by atoms with Crippen molar-refractivity contribution in [3.8, 4) is 0 Å². The number of benzene rings is 4. The Bertz CT molecular complexity index is 2110. The summed E-state index contributed by atoms with van der Waals surface area (Å²) in [6.07, 6.45) is -0.865. The van der Waals surface area contributed by atoms with Gasteiger partial charge in [-0.1, -0.05) is 168 Å². The molecule has 3 aliphatic rings. The van der Waals surface area contributed by atoms with Crippen LogP contribution in [0.2, 0.25) is 0 Å². The first-order valence-corrected chi connectivity index (χ1v) is 23.4. The van der Waals surface area contributed by atoms with Crippen LogP contribution in [0.3, 0.4) is 0 Å². The summed E-state index contributed by atoms with van der Waals surface area (Å²) in [5.74, 6) is -2.24. The van der Waals surface area contributed by atoms with Crippen molar-refractivity contribution < 1.29 is 52.2 Å². The maximum absolute atomic E-state index is 13.9. The molecule has 0 radical (unpaired) electrons. The third-order valence-corrected chi connectivity index (χ3v) is 12.4. The lowest BCUT2D eigenvalue weighted by Gasteiger charge is -2.51. The van der Waals surface area contributed by atoms with E-state index in [4.69, 9.17) is 42.6 Å². The van der Waals surface area contributed by atoms with Crippen molar-refractivity contribution in [3.05, 3.63) is 154 Å². The Morgan fingerprint density at radius 2 is 1.27 bits per heavy atom. The maximum atomic E-state index is 13.9. The van der Waals surface area contributed by atoms with Gasteiger partial charge in [-0.15, -0.1) is 0 Å². The number of carbonyl (C=O) groups excluding carboxylic acids is 2. The van der Waals surface area contributed by atoms with Crippen LogP contribution in [0.4, 0.5) is 0 Å². The summed E-state index contributed by atoms with van der Waals surface area (Å²) in [4.78, 5) is 30.9. The Balaban J connectivity index is 1.18. The molecule has 0 aromatic heterocycles. The number of hydrogen-bond acceptors (Lipinski definition) is 12. The highest BCUT2D eigenvalue weighted by molar-refractivity contribution is 5.90. The number of carbonyl (C=O) groups is 2. The first-order chi connectivity index (χ1) is 32.3. The number of hydrogen-bond donors (Lipinski definition) is 0. The van der Waals surface area contributed by atoms with Gasteiger partial charge in [0.25, 0.3) is 0 Å². The molecule has 12 atom stereocenters. The predicted molar refractivity (Wildman–Crippen MR) is 245 cm³/mol. The number of fused-ring (bicyclic) bond motifs is 1. The van der Waals surface area contributed by atoms with Gasteiger partial charge in [-0.3, -0.25) is 0 Å². The lowest BCUT2D eigenvalue weighted by Crippen LogP contribution is -2.63. The van der Waals surface area contributed by atoms with E-state index in [0.717, 1.165) is 36.8 Å². The van der Waals surface area contributed by atoms with Gasteiger partial charge in [0.1, 0.15) is 18.4 Å². The summed E-state index contributed by atoms with van der Waals surface area (Å²) in [6, 6.07) is 36.8. The minimum atomic E-state index is -1.18. The average Bonchev–Trinajstić information content (AvgIpc) is 3.35. The number of rotatable bonds is 22. The van der Waals surface area contributed by atoms with E-state index >= 15 is 0 Å². The third kappa shape index (κ3) is 13.3. The molecular weight excluding hydrogens is 843 g/mol. The van der Waals surface area contributed by atoms with Gasteiger partial charge in [-0.05, 0) is 41.8 Å². The highest BCUT2D eigenvalue weighted by atomic mass is 16.8. The highest BCUT2D eigenvalue weighted by Gasteiger charge is 2.54. The molecule has 3 aliphatic heterocycles. The third-order valence-electron chi connectivity index (χ3n) is 12.4. The minimum Gasteiger partial charge on any atom is -0.453 e. The second-order valence-corrected chi connectivity index (χ2v) is 17.3. The van der Waals surface area contributed by atoms with E-state index in [1.807, 2.05) is 86.6 Å². The van der Waals surface area contributed by atoms with Crippen LogP contribution in [0.5, 0.6) is 0 Å². The van der Waals surface area contributed by atoms with Crippen molar-refractivity contribution in [2.45, 2.75) is 140 Å². The van der Waals surface area contributed by atoms with Gasteiger partial charge in [0.05, 0.1) is 43.2 Å². The largest absolute Gasteiger partial charge is 0.453 e. The molecule has 3 fully saturated rings. The van der Waals surface area contributed by atoms with E-state index in [2.05, 4.69) is 16.9 Å². The zero-order valence-corrected chi connectivity index (χ0v) is 38.1. The van der Waals surface area contributed by atoms with E-state index in [9.17, 15) is 15.1 Å². The summed E-state index contributed by atoms with van der Waals surface area (Å²) >= 11 is 0. The molecule has 0 N–H and O–H groups in total. The summed E-state index contributed by atoms with van der Waals surface area (Å²) in [6.45, 7) is 6.50. The molecule has 352 valence electrons. The van der Waals surface area contributed by atoms with Crippen LogP contribution in [0, 0.1) is 11.8 Å².